The molecule has 10 heteroatoms. The van der Waals surface area contributed by atoms with Crippen molar-refractivity contribution in [2.45, 2.75) is 13.3 Å². The molecule has 0 spiro atoms. The highest BCUT2D eigenvalue weighted by molar-refractivity contribution is 6.53. The van der Waals surface area contributed by atoms with Gasteiger partial charge in [0.25, 0.3) is 11.8 Å². The van der Waals surface area contributed by atoms with Crippen LogP contribution >= 0.6 is 11.6 Å². The Hall–Kier alpha value is -4.76. The van der Waals surface area contributed by atoms with Crippen molar-refractivity contribution >= 4 is 53.0 Å². The first-order valence-electron chi connectivity index (χ1n) is 11.5. The van der Waals surface area contributed by atoms with E-state index in [9.17, 15) is 24.0 Å². The molecule has 0 saturated heterocycles. The van der Waals surface area contributed by atoms with Crippen LogP contribution in [-0.2, 0) is 14.3 Å². The molecule has 0 atom stereocenters. The van der Waals surface area contributed by atoms with Gasteiger partial charge in [0.1, 0.15) is 22.8 Å². The van der Waals surface area contributed by atoms with Gasteiger partial charge in [-0.15, -0.1) is 0 Å². The van der Waals surface area contributed by atoms with Crippen molar-refractivity contribution in [2.75, 3.05) is 16.8 Å². The van der Waals surface area contributed by atoms with Crippen LogP contribution in [0.15, 0.2) is 83.5 Å². The molecule has 3 aromatic rings. The molecule has 192 valence electrons. The highest BCUT2D eigenvalue weighted by Crippen LogP contribution is 2.30. The first kappa shape index (κ1) is 26.3. The predicted octanol–water partition coefficient (Wildman–Crippen LogP) is 4.72. The van der Waals surface area contributed by atoms with E-state index >= 15 is 0 Å². The predicted molar refractivity (Wildman–Crippen MR) is 139 cm³/mol. The maximum atomic E-state index is 13.0. The summed E-state index contributed by atoms with van der Waals surface area (Å²) in [5.74, 6) is -2.24. The second-order valence-electron chi connectivity index (χ2n) is 8.10. The normalized spacial score (nSPS) is 12.9. The molecular weight excluding hydrogens is 512 g/mol. The maximum Gasteiger partial charge on any atom is 0.343 e. The summed E-state index contributed by atoms with van der Waals surface area (Å²) in [4.78, 5) is 61.8. The van der Waals surface area contributed by atoms with Crippen LogP contribution in [0.5, 0.6) is 5.75 Å². The van der Waals surface area contributed by atoms with Gasteiger partial charge in [-0.1, -0.05) is 18.5 Å². The molecule has 38 heavy (non-hydrogen) atoms. The summed E-state index contributed by atoms with van der Waals surface area (Å²) in [6, 6.07) is 17.9. The fourth-order valence-corrected chi connectivity index (χ4v) is 3.70. The monoisotopic (exact) mass is 532 g/mol. The zero-order chi connectivity index (χ0) is 27.2. The Labute approximate surface area is 222 Å². The third-order valence-electron chi connectivity index (χ3n) is 5.44. The van der Waals surface area contributed by atoms with Gasteiger partial charge in [0, 0.05) is 11.3 Å². The molecule has 0 saturated carbocycles. The molecule has 1 heterocycles. The standard InChI is InChI=1S/C28H21ClN2O7/c1-2-15-37-27(35)18-7-11-21(12-8-18)31-25(33)23(29)24(26(31)34)30-20-9-5-19(6-10-20)28(36)38-22-13-3-17(16-32)4-14-22/h3-14,16,30H,2,15H2,1H3. The molecule has 0 aliphatic carbocycles. The highest BCUT2D eigenvalue weighted by atomic mass is 35.5. The Kier molecular flexibility index (Phi) is 7.98. The number of nitrogens with zero attached hydrogens (tertiary/aromatic N) is 1. The van der Waals surface area contributed by atoms with Crippen LogP contribution in [0.25, 0.3) is 0 Å². The lowest BCUT2D eigenvalue weighted by atomic mass is 10.2. The lowest BCUT2D eigenvalue weighted by Crippen LogP contribution is -2.32. The average molecular weight is 533 g/mol. The number of esters is 2. The summed E-state index contributed by atoms with van der Waals surface area (Å²) in [5, 5.41) is 2.53. The third-order valence-corrected chi connectivity index (χ3v) is 5.79. The maximum absolute atomic E-state index is 13.0. The number of aldehydes is 1. The number of carbonyl (C=O) groups excluding carboxylic acids is 5. The van der Waals surface area contributed by atoms with E-state index in [1.165, 1.54) is 72.8 Å². The molecule has 2 amide bonds. The van der Waals surface area contributed by atoms with Gasteiger partial charge in [0.2, 0.25) is 0 Å². The van der Waals surface area contributed by atoms with E-state index in [0.29, 0.717) is 24.0 Å². The van der Waals surface area contributed by atoms with E-state index in [-0.39, 0.29) is 39.9 Å². The lowest BCUT2D eigenvalue weighted by molar-refractivity contribution is -0.120. The summed E-state index contributed by atoms with van der Waals surface area (Å²) in [6.07, 6.45) is 1.37. The van der Waals surface area contributed by atoms with E-state index in [1.54, 1.807) is 0 Å². The summed E-state index contributed by atoms with van der Waals surface area (Å²) in [5.41, 5.74) is 1.49. The second-order valence-corrected chi connectivity index (χ2v) is 8.47. The smallest absolute Gasteiger partial charge is 0.343 e. The van der Waals surface area contributed by atoms with Gasteiger partial charge >= 0.3 is 11.9 Å². The Bertz CT molecular complexity index is 1430. The second kappa shape index (κ2) is 11.5. The number of hydrogen-bond donors (Lipinski definition) is 1. The van der Waals surface area contributed by atoms with E-state index < -0.39 is 23.8 Å². The van der Waals surface area contributed by atoms with Crippen LogP contribution in [0, 0.1) is 0 Å². The van der Waals surface area contributed by atoms with Crippen LogP contribution in [0.1, 0.15) is 44.4 Å². The highest BCUT2D eigenvalue weighted by Gasteiger charge is 2.39. The van der Waals surface area contributed by atoms with Crippen molar-refractivity contribution in [1.82, 2.24) is 0 Å². The van der Waals surface area contributed by atoms with Crippen molar-refractivity contribution in [3.63, 3.8) is 0 Å². The molecule has 4 rings (SSSR count). The number of anilines is 2. The van der Waals surface area contributed by atoms with Gasteiger partial charge < -0.3 is 14.8 Å². The number of imide groups is 1. The van der Waals surface area contributed by atoms with Crippen LogP contribution in [0.3, 0.4) is 0 Å². The number of rotatable bonds is 9. The topological polar surface area (TPSA) is 119 Å². The number of amides is 2. The van der Waals surface area contributed by atoms with Crippen molar-refractivity contribution in [3.05, 3.63) is 100 Å². The number of halogens is 1. The molecule has 1 aliphatic rings. The minimum atomic E-state index is -0.721. The molecular formula is C28H21ClN2O7. The zero-order valence-corrected chi connectivity index (χ0v) is 20.9. The van der Waals surface area contributed by atoms with Crippen molar-refractivity contribution in [1.29, 1.82) is 0 Å². The molecule has 1 N–H and O–H groups in total. The molecule has 1 aliphatic heterocycles. The first-order chi connectivity index (χ1) is 18.3. The van der Waals surface area contributed by atoms with Crippen LogP contribution in [0.4, 0.5) is 11.4 Å². The molecule has 0 aromatic heterocycles. The Morgan fingerprint density at radius 2 is 1.47 bits per heavy atom. The molecule has 3 aromatic carbocycles. The van der Waals surface area contributed by atoms with E-state index in [0.717, 1.165) is 4.90 Å². The minimum Gasteiger partial charge on any atom is -0.462 e. The van der Waals surface area contributed by atoms with Crippen molar-refractivity contribution in [2.24, 2.45) is 0 Å². The summed E-state index contributed by atoms with van der Waals surface area (Å²) >= 11 is 6.19. The van der Waals surface area contributed by atoms with Gasteiger partial charge in [0.15, 0.2) is 0 Å². The first-order valence-corrected chi connectivity index (χ1v) is 11.9. The van der Waals surface area contributed by atoms with E-state index in [1.807, 2.05) is 6.92 Å². The third kappa shape index (κ3) is 5.63. The van der Waals surface area contributed by atoms with Gasteiger partial charge in [-0.25, -0.2) is 14.5 Å². The van der Waals surface area contributed by atoms with Crippen LogP contribution < -0.4 is 15.0 Å². The fourth-order valence-electron chi connectivity index (χ4n) is 3.48. The molecule has 0 bridgehead atoms. The zero-order valence-electron chi connectivity index (χ0n) is 20.1. The van der Waals surface area contributed by atoms with Crippen molar-refractivity contribution in [3.8, 4) is 5.75 Å². The average Bonchev–Trinajstić information content (AvgIpc) is 3.15. The van der Waals surface area contributed by atoms with E-state index in [4.69, 9.17) is 21.1 Å². The molecule has 0 unspecified atom stereocenters. The van der Waals surface area contributed by atoms with Gasteiger partial charge in [-0.05, 0) is 79.2 Å². The SMILES string of the molecule is CCCOC(=O)c1ccc(N2C(=O)C(Cl)=C(Nc3ccc(C(=O)Oc4ccc(C=O)cc4)cc3)C2=O)cc1. The van der Waals surface area contributed by atoms with E-state index in [2.05, 4.69) is 5.32 Å². The molecule has 0 fully saturated rings. The number of nitrogens with one attached hydrogen (secondary N) is 1. The van der Waals surface area contributed by atoms with Gasteiger partial charge in [-0.3, -0.25) is 14.4 Å². The number of hydrogen-bond acceptors (Lipinski definition) is 8. The quantitative estimate of drug-likeness (QED) is 0.182. The number of benzene rings is 3. The largest absolute Gasteiger partial charge is 0.462 e. The summed E-state index contributed by atoms with van der Waals surface area (Å²) in [6.45, 7) is 2.17. The molecule has 0 radical (unpaired) electrons. The number of carbonyl (C=O) groups is 5. The van der Waals surface area contributed by atoms with Crippen LogP contribution in [0.2, 0.25) is 0 Å². The molecule has 9 nitrogen and oxygen atoms in total. The van der Waals surface area contributed by atoms with Gasteiger partial charge in [0.05, 0.1) is 23.4 Å². The minimum absolute atomic E-state index is 0.131. The summed E-state index contributed by atoms with van der Waals surface area (Å²) < 4.78 is 10.4. The lowest BCUT2D eigenvalue weighted by Gasteiger charge is -2.15. The fraction of sp³-hybridized carbons (Fsp3) is 0.107. The summed E-state index contributed by atoms with van der Waals surface area (Å²) in [7, 11) is 0. The van der Waals surface area contributed by atoms with Crippen molar-refractivity contribution < 1.29 is 33.4 Å². The Morgan fingerprint density at radius 3 is 2.08 bits per heavy atom. The van der Waals surface area contributed by atoms with Crippen LogP contribution in [-0.4, -0.2) is 36.6 Å². The Balaban J connectivity index is 1.43. The van der Waals surface area contributed by atoms with Gasteiger partial charge in [-0.2, -0.15) is 0 Å². The number of ether oxygens (including phenoxy) is 2. The Morgan fingerprint density at radius 1 is 0.868 bits per heavy atom.